The van der Waals surface area contributed by atoms with Crippen molar-refractivity contribution in [2.75, 3.05) is 0 Å². The summed E-state index contributed by atoms with van der Waals surface area (Å²) in [5, 5.41) is 0. The Morgan fingerprint density at radius 3 is 2.50 bits per heavy atom. The second kappa shape index (κ2) is 6.55. The molecule has 0 amide bonds. The van der Waals surface area contributed by atoms with Crippen LogP contribution in [0.5, 0.6) is 0 Å². The summed E-state index contributed by atoms with van der Waals surface area (Å²) in [7, 11) is 0. The quantitative estimate of drug-likeness (QED) is 0.542. The molecule has 0 saturated carbocycles. The van der Waals surface area contributed by atoms with Crippen LogP contribution in [-0.2, 0) is 6.54 Å². The minimum Gasteiger partial charge on any atom is -0.322 e. The Morgan fingerprint density at radius 2 is 1.86 bits per heavy atom. The van der Waals surface area contributed by atoms with Crippen LogP contribution < -0.4 is 10.3 Å². The Balaban J connectivity index is 2.23. The maximum Gasteiger partial charge on any atom is 0.168 e. The first-order valence-corrected chi connectivity index (χ1v) is 5.52. The van der Waals surface area contributed by atoms with Crippen molar-refractivity contribution in [3.05, 3.63) is 30.6 Å². The van der Waals surface area contributed by atoms with Gasteiger partial charge in [0.1, 0.15) is 0 Å². The predicted molar refractivity (Wildman–Crippen MR) is 58.8 cm³/mol. The lowest BCUT2D eigenvalue weighted by Gasteiger charge is -2.06. The molecule has 0 bridgehead atoms. The fourth-order valence-corrected chi connectivity index (χ4v) is 1.57. The highest BCUT2D eigenvalue weighted by Gasteiger charge is 2.07. The average Bonchev–Trinajstić information content (AvgIpc) is 2.20. The van der Waals surface area contributed by atoms with E-state index in [0.717, 1.165) is 13.0 Å². The van der Waals surface area contributed by atoms with E-state index in [1.165, 1.54) is 19.3 Å². The molecule has 0 saturated heterocycles. The first kappa shape index (κ1) is 11.2. The lowest BCUT2D eigenvalue weighted by atomic mass is 10.1. The van der Waals surface area contributed by atoms with E-state index in [4.69, 9.17) is 5.73 Å². The monoisotopic (exact) mass is 193 g/mol. The molecule has 1 atom stereocenters. The summed E-state index contributed by atoms with van der Waals surface area (Å²) < 4.78 is 2.15. The maximum atomic E-state index is 6.03. The molecular weight excluding hydrogens is 172 g/mol. The van der Waals surface area contributed by atoms with E-state index >= 15 is 0 Å². The zero-order chi connectivity index (χ0) is 10.2. The summed E-state index contributed by atoms with van der Waals surface area (Å²) in [6, 6.07) is 6.41. The van der Waals surface area contributed by atoms with E-state index in [9.17, 15) is 0 Å². The molecule has 0 aromatic carbocycles. The number of hydrogen-bond acceptors (Lipinski definition) is 1. The standard InChI is InChI=1S/C12H21N2/c1-2-3-5-8-12(13)11-14-9-6-4-7-10-14/h4,6-7,9-10,12H,2-3,5,8,11,13H2,1H3/q+1. The van der Waals surface area contributed by atoms with Crippen LogP contribution in [-0.4, -0.2) is 6.04 Å². The van der Waals surface area contributed by atoms with Gasteiger partial charge in [0.2, 0.25) is 0 Å². The normalized spacial score (nSPS) is 12.7. The maximum absolute atomic E-state index is 6.03. The SMILES string of the molecule is CCCCCC(N)C[n+]1ccccc1. The summed E-state index contributed by atoms with van der Waals surface area (Å²) in [4.78, 5) is 0. The minimum absolute atomic E-state index is 0.300. The molecule has 0 aliphatic rings. The van der Waals surface area contributed by atoms with E-state index in [2.05, 4.69) is 23.9 Å². The van der Waals surface area contributed by atoms with Crippen molar-refractivity contribution in [2.45, 2.75) is 45.2 Å². The van der Waals surface area contributed by atoms with Gasteiger partial charge in [-0.2, -0.15) is 0 Å². The summed E-state index contributed by atoms with van der Waals surface area (Å²) in [5.41, 5.74) is 6.03. The van der Waals surface area contributed by atoms with Crippen LogP contribution in [0, 0.1) is 0 Å². The molecule has 1 unspecified atom stereocenters. The van der Waals surface area contributed by atoms with Crippen molar-refractivity contribution in [1.29, 1.82) is 0 Å². The second-order valence-corrected chi connectivity index (χ2v) is 3.83. The van der Waals surface area contributed by atoms with Crippen LogP contribution in [0.15, 0.2) is 30.6 Å². The van der Waals surface area contributed by atoms with E-state index < -0.39 is 0 Å². The Morgan fingerprint density at radius 1 is 1.14 bits per heavy atom. The lowest BCUT2D eigenvalue weighted by Crippen LogP contribution is -2.42. The number of nitrogens with two attached hydrogens (primary N) is 1. The van der Waals surface area contributed by atoms with Crippen molar-refractivity contribution in [1.82, 2.24) is 0 Å². The van der Waals surface area contributed by atoms with Crippen LogP contribution in [0.25, 0.3) is 0 Å². The van der Waals surface area contributed by atoms with Gasteiger partial charge in [-0.05, 0) is 6.42 Å². The van der Waals surface area contributed by atoms with Gasteiger partial charge in [0.25, 0.3) is 0 Å². The molecule has 1 aromatic heterocycles. The molecule has 2 nitrogen and oxygen atoms in total. The van der Waals surface area contributed by atoms with Gasteiger partial charge in [-0.1, -0.05) is 32.3 Å². The minimum atomic E-state index is 0.300. The van der Waals surface area contributed by atoms with Gasteiger partial charge in [-0.15, -0.1) is 0 Å². The molecule has 1 aromatic rings. The number of aromatic nitrogens is 1. The molecule has 0 spiro atoms. The molecule has 0 fully saturated rings. The third kappa shape index (κ3) is 4.38. The van der Waals surface area contributed by atoms with Gasteiger partial charge in [-0.25, -0.2) is 4.57 Å². The highest BCUT2D eigenvalue weighted by Crippen LogP contribution is 2.01. The zero-order valence-electron chi connectivity index (χ0n) is 9.02. The summed E-state index contributed by atoms with van der Waals surface area (Å²) >= 11 is 0. The van der Waals surface area contributed by atoms with Gasteiger partial charge < -0.3 is 5.73 Å². The zero-order valence-corrected chi connectivity index (χ0v) is 9.02. The fourth-order valence-electron chi connectivity index (χ4n) is 1.57. The second-order valence-electron chi connectivity index (χ2n) is 3.83. The van der Waals surface area contributed by atoms with Gasteiger partial charge >= 0.3 is 0 Å². The molecule has 2 N–H and O–H groups in total. The predicted octanol–water partition coefficient (Wildman–Crippen LogP) is 1.88. The molecular formula is C12H21N2+. The van der Waals surface area contributed by atoms with Gasteiger partial charge in [-0.3, -0.25) is 0 Å². The van der Waals surface area contributed by atoms with Gasteiger partial charge in [0.15, 0.2) is 18.9 Å². The molecule has 0 aliphatic carbocycles. The lowest BCUT2D eigenvalue weighted by molar-refractivity contribution is -0.698. The Hall–Kier alpha value is -0.890. The number of hydrogen-bond donors (Lipinski definition) is 1. The molecule has 2 heteroatoms. The van der Waals surface area contributed by atoms with Crippen molar-refractivity contribution in [2.24, 2.45) is 5.73 Å². The summed E-state index contributed by atoms with van der Waals surface area (Å²) in [6.07, 6.45) is 9.10. The van der Waals surface area contributed by atoms with Crippen molar-refractivity contribution in [3.8, 4) is 0 Å². The first-order chi connectivity index (χ1) is 6.83. The van der Waals surface area contributed by atoms with Crippen LogP contribution in [0.3, 0.4) is 0 Å². The molecule has 0 aliphatic heterocycles. The van der Waals surface area contributed by atoms with E-state index in [0.29, 0.717) is 6.04 Å². The molecule has 1 heterocycles. The third-order valence-corrected chi connectivity index (χ3v) is 2.40. The number of nitrogens with zero attached hydrogens (tertiary/aromatic N) is 1. The van der Waals surface area contributed by atoms with E-state index in [1.807, 2.05) is 18.2 Å². The van der Waals surface area contributed by atoms with Crippen LogP contribution in [0.4, 0.5) is 0 Å². The Labute approximate surface area is 86.8 Å². The van der Waals surface area contributed by atoms with E-state index in [1.54, 1.807) is 0 Å². The highest BCUT2D eigenvalue weighted by molar-refractivity contribution is 4.83. The molecule has 78 valence electrons. The van der Waals surface area contributed by atoms with Crippen molar-refractivity contribution in [3.63, 3.8) is 0 Å². The topological polar surface area (TPSA) is 29.9 Å². The molecule has 14 heavy (non-hydrogen) atoms. The first-order valence-electron chi connectivity index (χ1n) is 5.52. The Bertz CT molecular complexity index is 233. The van der Waals surface area contributed by atoms with Crippen molar-refractivity contribution < 1.29 is 4.57 Å². The fraction of sp³-hybridized carbons (Fsp3) is 0.583. The number of unbranched alkanes of at least 4 members (excludes halogenated alkanes) is 2. The highest BCUT2D eigenvalue weighted by atomic mass is 15.0. The molecule has 0 radical (unpaired) electrons. The van der Waals surface area contributed by atoms with Crippen molar-refractivity contribution >= 4 is 0 Å². The Kier molecular flexibility index (Phi) is 5.23. The third-order valence-electron chi connectivity index (χ3n) is 2.40. The van der Waals surface area contributed by atoms with E-state index in [-0.39, 0.29) is 0 Å². The number of rotatable bonds is 6. The van der Waals surface area contributed by atoms with Crippen LogP contribution in [0.1, 0.15) is 32.6 Å². The number of pyridine rings is 1. The smallest absolute Gasteiger partial charge is 0.168 e. The average molecular weight is 193 g/mol. The largest absolute Gasteiger partial charge is 0.322 e. The summed E-state index contributed by atoms with van der Waals surface area (Å²) in [5.74, 6) is 0. The summed E-state index contributed by atoms with van der Waals surface area (Å²) in [6.45, 7) is 3.15. The van der Waals surface area contributed by atoms with Gasteiger partial charge in [0.05, 0.1) is 6.04 Å². The van der Waals surface area contributed by atoms with Gasteiger partial charge in [0, 0.05) is 12.1 Å². The van der Waals surface area contributed by atoms with Crippen LogP contribution in [0.2, 0.25) is 0 Å². The van der Waals surface area contributed by atoms with Crippen LogP contribution >= 0.6 is 0 Å². The molecule has 1 rings (SSSR count).